The molecule has 0 radical (unpaired) electrons. The quantitative estimate of drug-likeness (QED) is 0.470. The Labute approximate surface area is 214 Å². The van der Waals surface area contributed by atoms with Gasteiger partial charge in [-0.1, -0.05) is 41.7 Å². The summed E-state index contributed by atoms with van der Waals surface area (Å²) >= 11 is 1.32. The Balaban J connectivity index is 1.93. The Bertz CT molecular complexity index is 1460. The van der Waals surface area contributed by atoms with Crippen molar-refractivity contribution >= 4 is 23.3 Å². The number of likely N-dealkylation sites (N-methyl/N-ethyl adjacent to an activating group) is 1. The molecule has 2 aromatic carbocycles. The van der Waals surface area contributed by atoms with Crippen molar-refractivity contribution in [1.29, 1.82) is 0 Å². The molecule has 1 aliphatic heterocycles. The highest BCUT2D eigenvalue weighted by Gasteiger charge is 2.35. The lowest BCUT2D eigenvalue weighted by Crippen LogP contribution is -2.43. The van der Waals surface area contributed by atoms with Crippen molar-refractivity contribution in [3.63, 3.8) is 0 Å². The molecule has 0 spiro atoms. The molecule has 0 bridgehead atoms. The minimum atomic E-state index is -0.645. The van der Waals surface area contributed by atoms with Crippen molar-refractivity contribution in [2.75, 3.05) is 26.8 Å². The third kappa shape index (κ3) is 4.73. The molecule has 7 nitrogen and oxygen atoms in total. The highest BCUT2D eigenvalue weighted by atomic mass is 32.1. The summed E-state index contributed by atoms with van der Waals surface area (Å²) in [5, 5.41) is 0. The number of aromatic nitrogens is 1. The first-order valence-electron chi connectivity index (χ1n) is 12.1. The summed E-state index contributed by atoms with van der Waals surface area (Å²) in [5.41, 5.74) is 2.53. The van der Waals surface area contributed by atoms with E-state index in [4.69, 9.17) is 14.5 Å². The van der Waals surface area contributed by atoms with Gasteiger partial charge in [0.15, 0.2) is 4.80 Å². The summed E-state index contributed by atoms with van der Waals surface area (Å²) in [6, 6.07) is 14.5. The zero-order valence-corrected chi connectivity index (χ0v) is 22.1. The van der Waals surface area contributed by atoms with Gasteiger partial charge >= 0.3 is 0 Å². The van der Waals surface area contributed by atoms with Crippen molar-refractivity contribution in [1.82, 2.24) is 9.47 Å². The van der Waals surface area contributed by atoms with Gasteiger partial charge in [-0.05, 0) is 57.5 Å². The van der Waals surface area contributed by atoms with E-state index in [1.54, 1.807) is 16.6 Å². The van der Waals surface area contributed by atoms with Crippen molar-refractivity contribution in [3.8, 4) is 11.5 Å². The Kier molecular flexibility index (Phi) is 7.74. The fraction of sp³-hybridized carbons (Fsp3) is 0.321. The Morgan fingerprint density at radius 2 is 1.81 bits per heavy atom. The molecule has 0 aliphatic carbocycles. The van der Waals surface area contributed by atoms with E-state index >= 15 is 0 Å². The van der Waals surface area contributed by atoms with Crippen LogP contribution in [0.5, 0.6) is 11.5 Å². The summed E-state index contributed by atoms with van der Waals surface area (Å²) in [4.78, 5) is 34.6. The standard InChI is InChI=1S/C28H31N3O4S/c1-6-30(7-2)27(33)24-18(4)29-28-31(25(24)21-11-9-10-12-22(21)34-5)26(32)23(36-28)17-19-13-15-20(16-14-19)35-8-3/h9-17,25H,6-8H2,1-5H3/b23-17+/t25-/m0/s1. The van der Waals surface area contributed by atoms with Gasteiger partial charge in [-0.2, -0.15) is 0 Å². The lowest BCUT2D eigenvalue weighted by molar-refractivity contribution is -0.127. The number of amides is 1. The predicted octanol–water partition coefficient (Wildman–Crippen LogP) is 3.51. The van der Waals surface area contributed by atoms with E-state index in [0.29, 0.717) is 46.0 Å². The molecule has 0 unspecified atom stereocenters. The van der Waals surface area contributed by atoms with Crippen LogP contribution in [0.3, 0.4) is 0 Å². The molecule has 36 heavy (non-hydrogen) atoms. The van der Waals surface area contributed by atoms with Gasteiger partial charge in [0, 0.05) is 18.7 Å². The molecule has 188 valence electrons. The first-order chi connectivity index (χ1) is 17.4. The van der Waals surface area contributed by atoms with Crippen LogP contribution >= 0.6 is 11.3 Å². The van der Waals surface area contributed by atoms with Gasteiger partial charge < -0.3 is 14.4 Å². The molecule has 8 heteroatoms. The molecule has 2 heterocycles. The third-order valence-electron chi connectivity index (χ3n) is 6.23. The maximum atomic E-state index is 13.8. The summed E-state index contributed by atoms with van der Waals surface area (Å²) in [5.74, 6) is 1.27. The fourth-order valence-corrected chi connectivity index (χ4v) is 5.49. The van der Waals surface area contributed by atoms with E-state index in [1.165, 1.54) is 11.3 Å². The predicted molar refractivity (Wildman–Crippen MR) is 142 cm³/mol. The number of para-hydroxylation sites is 1. The van der Waals surface area contributed by atoms with Gasteiger partial charge in [-0.3, -0.25) is 14.2 Å². The lowest BCUT2D eigenvalue weighted by atomic mass is 9.94. The van der Waals surface area contributed by atoms with Crippen molar-refractivity contribution in [3.05, 3.63) is 90.6 Å². The number of thiazole rings is 1. The smallest absolute Gasteiger partial charge is 0.271 e. The van der Waals surface area contributed by atoms with E-state index in [0.717, 1.165) is 16.9 Å². The van der Waals surface area contributed by atoms with E-state index in [9.17, 15) is 9.59 Å². The van der Waals surface area contributed by atoms with Gasteiger partial charge in [0.05, 0.1) is 29.5 Å². The first kappa shape index (κ1) is 25.4. The number of allylic oxidation sites excluding steroid dienone is 1. The maximum absolute atomic E-state index is 13.8. The topological polar surface area (TPSA) is 73.1 Å². The molecule has 0 N–H and O–H groups in total. The normalized spacial score (nSPS) is 15.4. The molecule has 1 atom stereocenters. The van der Waals surface area contributed by atoms with Crippen LogP contribution in [0.1, 0.15) is 44.9 Å². The van der Waals surface area contributed by atoms with Crippen LogP contribution in [0.4, 0.5) is 0 Å². The molecule has 0 saturated heterocycles. The second-order valence-corrected chi connectivity index (χ2v) is 9.31. The van der Waals surface area contributed by atoms with Crippen LogP contribution in [-0.2, 0) is 4.79 Å². The largest absolute Gasteiger partial charge is 0.496 e. The second-order valence-electron chi connectivity index (χ2n) is 8.30. The van der Waals surface area contributed by atoms with Gasteiger partial charge in [-0.15, -0.1) is 0 Å². The van der Waals surface area contributed by atoms with Crippen LogP contribution < -0.4 is 24.4 Å². The Morgan fingerprint density at radius 1 is 1.11 bits per heavy atom. The number of methoxy groups -OCH3 is 1. The number of hydrogen-bond acceptors (Lipinski definition) is 6. The zero-order chi connectivity index (χ0) is 25.8. The Hall–Kier alpha value is -3.65. The molecule has 1 aliphatic rings. The maximum Gasteiger partial charge on any atom is 0.271 e. The minimum absolute atomic E-state index is 0.127. The van der Waals surface area contributed by atoms with Crippen molar-refractivity contribution in [2.24, 2.45) is 4.99 Å². The number of fused-ring (bicyclic) bond motifs is 1. The number of benzene rings is 2. The van der Waals surface area contributed by atoms with E-state index < -0.39 is 6.04 Å². The van der Waals surface area contributed by atoms with Crippen LogP contribution in [-0.4, -0.2) is 42.2 Å². The highest BCUT2D eigenvalue weighted by molar-refractivity contribution is 7.07. The number of ether oxygens (including phenoxy) is 2. The van der Waals surface area contributed by atoms with E-state index in [2.05, 4.69) is 0 Å². The molecule has 0 saturated carbocycles. The van der Waals surface area contributed by atoms with Crippen LogP contribution in [0.25, 0.3) is 6.08 Å². The second kappa shape index (κ2) is 11.0. The summed E-state index contributed by atoms with van der Waals surface area (Å²) < 4.78 is 13.4. The molecule has 0 fully saturated rings. The van der Waals surface area contributed by atoms with Gasteiger partial charge in [-0.25, -0.2) is 4.99 Å². The molecule has 3 aromatic rings. The highest BCUT2D eigenvalue weighted by Crippen LogP contribution is 2.36. The summed E-state index contributed by atoms with van der Waals surface area (Å²) in [6.45, 7) is 9.38. The van der Waals surface area contributed by atoms with Gasteiger partial charge in [0.2, 0.25) is 0 Å². The van der Waals surface area contributed by atoms with E-state index in [-0.39, 0.29) is 11.5 Å². The fourth-order valence-electron chi connectivity index (χ4n) is 4.44. The number of carbonyl (C=O) groups excluding carboxylic acids is 1. The van der Waals surface area contributed by atoms with Crippen molar-refractivity contribution in [2.45, 2.75) is 33.7 Å². The minimum Gasteiger partial charge on any atom is -0.496 e. The molecule has 1 amide bonds. The Morgan fingerprint density at radius 3 is 2.44 bits per heavy atom. The number of hydrogen-bond donors (Lipinski definition) is 0. The van der Waals surface area contributed by atoms with Crippen LogP contribution in [0.2, 0.25) is 0 Å². The van der Waals surface area contributed by atoms with Gasteiger partial charge in [0.25, 0.3) is 11.5 Å². The first-order valence-corrected chi connectivity index (χ1v) is 12.9. The lowest BCUT2D eigenvalue weighted by Gasteiger charge is -2.29. The summed E-state index contributed by atoms with van der Waals surface area (Å²) in [7, 11) is 1.59. The molecular weight excluding hydrogens is 474 g/mol. The number of carbonyl (C=O) groups is 1. The average molecular weight is 506 g/mol. The zero-order valence-electron chi connectivity index (χ0n) is 21.3. The monoisotopic (exact) mass is 505 g/mol. The van der Waals surface area contributed by atoms with E-state index in [1.807, 2.05) is 82.3 Å². The van der Waals surface area contributed by atoms with Crippen LogP contribution in [0, 0.1) is 0 Å². The molecule has 1 aromatic heterocycles. The number of rotatable bonds is 8. The summed E-state index contributed by atoms with van der Waals surface area (Å²) in [6.07, 6.45) is 1.85. The third-order valence-corrected chi connectivity index (χ3v) is 7.21. The van der Waals surface area contributed by atoms with Crippen molar-refractivity contribution < 1.29 is 14.3 Å². The van der Waals surface area contributed by atoms with Gasteiger partial charge in [0.1, 0.15) is 17.5 Å². The molecular formula is C28H31N3O4S. The number of nitrogens with zero attached hydrogens (tertiary/aromatic N) is 3. The molecule has 4 rings (SSSR count). The van der Waals surface area contributed by atoms with Crippen LogP contribution in [0.15, 0.2) is 69.6 Å². The SMILES string of the molecule is CCOc1ccc(/C=c2/sc3n(c2=O)[C@@H](c2ccccc2OC)C(C(=O)N(CC)CC)=C(C)N=3)cc1. The average Bonchev–Trinajstić information content (AvgIpc) is 3.19.